The Morgan fingerprint density at radius 1 is 1.41 bits per heavy atom. The number of rotatable bonds is 3. The number of halogens is 2. The number of aliphatic hydroxyl groups excluding tert-OH is 1. The first-order valence-corrected chi connectivity index (χ1v) is 6.67. The molecule has 2 atom stereocenters. The van der Waals surface area contributed by atoms with E-state index in [1.165, 1.54) is 0 Å². The number of hydrogen-bond donors (Lipinski definition) is 1. The molecule has 94 valence electrons. The molecule has 2 nitrogen and oxygen atoms in total. The third-order valence-electron chi connectivity index (χ3n) is 3.59. The van der Waals surface area contributed by atoms with Crippen molar-refractivity contribution in [2.24, 2.45) is 5.92 Å². The molecule has 1 aliphatic heterocycles. The lowest BCUT2D eigenvalue weighted by Gasteiger charge is -2.25. The normalized spacial score (nSPS) is 25.4. The summed E-state index contributed by atoms with van der Waals surface area (Å²) in [6.45, 7) is 4.16. The van der Waals surface area contributed by atoms with Crippen molar-refractivity contribution in [3.63, 3.8) is 0 Å². The maximum atomic E-state index is 9.41. The molecule has 2 unspecified atom stereocenters. The van der Waals surface area contributed by atoms with E-state index in [1.807, 2.05) is 12.1 Å². The van der Waals surface area contributed by atoms with Crippen molar-refractivity contribution in [3.8, 4) is 0 Å². The molecular weight excluding hydrogens is 257 g/mol. The monoisotopic (exact) mass is 273 g/mol. The second-order valence-electron chi connectivity index (χ2n) is 4.70. The van der Waals surface area contributed by atoms with E-state index >= 15 is 0 Å². The fourth-order valence-corrected chi connectivity index (χ4v) is 2.85. The molecule has 1 saturated heterocycles. The molecular formula is C13H17Cl2NO. The molecule has 1 aromatic carbocycles. The summed E-state index contributed by atoms with van der Waals surface area (Å²) < 4.78 is 0. The minimum absolute atomic E-state index is 0.208. The SMILES string of the molecule is CC1CCN(Cc2cccc(Cl)c2Cl)C1CO. The number of nitrogens with zero attached hydrogens (tertiary/aromatic N) is 1. The number of hydrogen-bond acceptors (Lipinski definition) is 2. The van der Waals surface area contributed by atoms with Gasteiger partial charge in [0.15, 0.2) is 0 Å². The fourth-order valence-electron chi connectivity index (χ4n) is 2.47. The van der Waals surface area contributed by atoms with Gasteiger partial charge in [-0.1, -0.05) is 42.3 Å². The summed E-state index contributed by atoms with van der Waals surface area (Å²) in [5, 5.41) is 10.6. The first-order chi connectivity index (χ1) is 8.13. The molecule has 0 bridgehead atoms. The maximum Gasteiger partial charge on any atom is 0.0637 e. The van der Waals surface area contributed by atoms with Crippen LogP contribution in [0, 0.1) is 5.92 Å². The van der Waals surface area contributed by atoms with Crippen LogP contribution in [0.3, 0.4) is 0 Å². The van der Waals surface area contributed by atoms with Crippen LogP contribution >= 0.6 is 23.2 Å². The summed E-state index contributed by atoms with van der Waals surface area (Å²) in [5.74, 6) is 0.540. The van der Waals surface area contributed by atoms with Crippen molar-refractivity contribution in [1.29, 1.82) is 0 Å². The molecule has 2 rings (SSSR count). The molecule has 0 amide bonds. The van der Waals surface area contributed by atoms with Gasteiger partial charge in [-0.15, -0.1) is 0 Å². The zero-order valence-electron chi connectivity index (χ0n) is 9.87. The Hall–Kier alpha value is -0.280. The number of aliphatic hydroxyl groups is 1. The summed E-state index contributed by atoms with van der Waals surface area (Å²) in [6.07, 6.45) is 1.13. The first-order valence-electron chi connectivity index (χ1n) is 5.91. The lowest BCUT2D eigenvalue weighted by molar-refractivity contribution is 0.134. The minimum atomic E-state index is 0.208. The molecule has 0 radical (unpaired) electrons. The molecule has 0 aromatic heterocycles. The summed E-state index contributed by atoms with van der Waals surface area (Å²) in [7, 11) is 0. The van der Waals surface area contributed by atoms with Gasteiger partial charge in [0.25, 0.3) is 0 Å². The van der Waals surface area contributed by atoms with Gasteiger partial charge in [-0.3, -0.25) is 4.90 Å². The van der Waals surface area contributed by atoms with E-state index in [4.69, 9.17) is 23.2 Å². The van der Waals surface area contributed by atoms with Gasteiger partial charge >= 0.3 is 0 Å². The van der Waals surface area contributed by atoms with E-state index < -0.39 is 0 Å². The maximum absolute atomic E-state index is 9.41. The highest BCUT2D eigenvalue weighted by Crippen LogP contribution is 2.30. The molecule has 0 aliphatic carbocycles. The third-order valence-corrected chi connectivity index (χ3v) is 4.45. The van der Waals surface area contributed by atoms with Crippen molar-refractivity contribution in [2.75, 3.05) is 13.2 Å². The quantitative estimate of drug-likeness (QED) is 0.915. The van der Waals surface area contributed by atoms with Crippen LogP contribution in [0.1, 0.15) is 18.9 Å². The first kappa shape index (κ1) is 13.2. The zero-order chi connectivity index (χ0) is 12.4. The third kappa shape index (κ3) is 2.76. The predicted molar refractivity (Wildman–Crippen MR) is 71.5 cm³/mol. The lowest BCUT2D eigenvalue weighted by Crippen LogP contribution is -2.34. The molecule has 0 saturated carbocycles. The summed E-state index contributed by atoms with van der Waals surface area (Å²) in [4.78, 5) is 2.28. The van der Waals surface area contributed by atoms with Crippen LogP contribution < -0.4 is 0 Å². The van der Waals surface area contributed by atoms with Crippen LogP contribution in [-0.2, 0) is 6.54 Å². The van der Waals surface area contributed by atoms with Gasteiger partial charge in [-0.25, -0.2) is 0 Å². The van der Waals surface area contributed by atoms with E-state index in [2.05, 4.69) is 11.8 Å². The zero-order valence-corrected chi connectivity index (χ0v) is 11.4. The highest BCUT2D eigenvalue weighted by Gasteiger charge is 2.30. The molecule has 1 aromatic rings. The van der Waals surface area contributed by atoms with E-state index in [-0.39, 0.29) is 12.6 Å². The molecule has 1 heterocycles. The number of benzene rings is 1. The van der Waals surface area contributed by atoms with Crippen LogP contribution in [-0.4, -0.2) is 29.2 Å². The Morgan fingerprint density at radius 2 is 2.18 bits per heavy atom. The minimum Gasteiger partial charge on any atom is -0.395 e. The summed E-state index contributed by atoms with van der Waals surface area (Å²) in [6, 6.07) is 5.94. The lowest BCUT2D eigenvalue weighted by atomic mass is 10.0. The standard InChI is InChI=1S/C13H17Cl2NO/c1-9-5-6-16(12(9)8-17)7-10-3-2-4-11(14)13(10)15/h2-4,9,12,17H,5-8H2,1H3. The van der Waals surface area contributed by atoms with Crippen LogP contribution in [0.15, 0.2) is 18.2 Å². The molecule has 4 heteroatoms. The van der Waals surface area contributed by atoms with E-state index in [9.17, 15) is 5.11 Å². The Morgan fingerprint density at radius 3 is 2.88 bits per heavy atom. The molecule has 1 aliphatic rings. The Bertz CT molecular complexity index is 397. The van der Waals surface area contributed by atoms with Gasteiger partial charge in [-0.05, 0) is 30.5 Å². The van der Waals surface area contributed by atoms with E-state index in [0.717, 1.165) is 25.1 Å². The smallest absolute Gasteiger partial charge is 0.0637 e. The Balaban J connectivity index is 2.13. The Kier molecular flexibility index (Phi) is 4.31. The molecule has 1 N–H and O–H groups in total. The van der Waals surface area contributed by atoms with Gasteiger partial charge in [0, 0.05) is 12.6 Å². The molecule has 17 heavy (non-hydrogen) atoms. The van der Waals surface area contributed by atoms with Gasteiger partial charge in [0.1, 0.15) is 0 Å². The van der Waals surface area contributed by atoms with Crippen molar-refractivity contribution in [2.45, 2.75) is 25.9 Å². The molecule has 0 spiro atoms. The highest BCUT2D eigenvalue weighted by atomic mass is 35.5. The second kappa shape index (κ2) is 5.57. The van der Waals surface area contributed by atoms with Crippen molar-refractivity contribution in [3.05, 3.63) is 33.8 Å². The largest absolute Gasteiger partial charge is 0.395 e. The van der Waals surface area contributed by atoms with Crippen LogP contribution in [0.4, 0.5) is 0 Å². The van der Waals surface area contributed by atoms with E-state index in [0.29, 0.717) is 16.0 Å². The van der Waals surface area contributed by atoms with Gasteiger partial charge in [-0.2, -0.15) is 0 Å². The second-order valence-corrected chi connectivity index (χ2v) is 5.48. The topological polar surface area (TPSA) is 23.5 Å². The summed E-state index contributed by atoms with van der Waals surface area (Å²) >= 11 is 12.2. The van der Waals surface area contributed by atoms with Crippen LogP contribution in [0.5, 0.6) is 0 Å². The van der Waals surface area contributed by atoms with Gasteiger partial charge < -0.3 is 5.11 Å². The fraction of sp³-hybridized carbons (Fsp3) is 0.538. The van der Waals surface area contributed by atoms with Gasteiger partial charge in [0.2, 0.25) is 0 Å². The average molecular weight is 274 g/mol. The van der Waals surface area contributed by atoms with Crippen molar-refractivity contribution >= 4 is 23.2 Å². The molecule has 1 fully saturated rings. The van der Waals surface area contributed by atoms with Gasteiger partial charge in [0.05, 0.1) is 16.7 Å². The van der Waals surface area contributed by atoms with E-state index in [1.54, 1.807) is 6.07 Å². The van der Waals surface area contributed by atoms with Crippen molar-refractivity contribution in [1.82, 2.24) is 4.90 Å². The van der Waals surface area contributed by atoms with Crippen LogP contribution in [0.2, 0.25) is 10.0 Å². The predicted octanol–water partition coefficient (Wildman–Crippen LogP) is 3.20. The summed E-state index contributed by atoms with van der Waals surface area (Å²) in [5.41, 5.74) is 1.03. The Labute approximate surface area is 112 Å². The average Bonchev–Trinajstić information content (AvgIpc) is 2.66. The van der Waals surface area contributed by atoms with Crippen molar-refractivity contribution < 1.29 is 5.11 Å². The van der Waals surface area contributed by atoms with Crippen LogP contribution in [0.25, 0.3) is 0 Å². The highest BCUT2D eigenvalue weighted by molar-refractivity contribution is 6.42. The number of likely N-dealkylation sites (tertiary alicyclic amines) is 1.